The second kappa shape index (κ2) is 10.9. The molecule has 2 aliphatic heterocycles. The zero-order chi connectivity index (χ0) is 24.1. The minimum atomic E-state index is -0.762. The average Bonchev–Trinajstić information content (AvgIpc) is 3.40. The number of aldehydes is 1. The summed E-state index contributed by atoms with van der Waals surface area (Å²) in [6.45, 7) is 7.20. The van der Waals surface area contributed by atoms with Crippen LogP contribution in [0.4, 0.5) is 16.2 Å². The predicted molar refractivity (Wildman–Crippen MR) is 142 cm³/mol. The molecule has 0 atom stereocenters. The number of urea groups is 1. The largest absolute Gasteiger partial charge is 0.372 e. The molecule has 2 fully saturated rings. The molecule has 4 rings (SSSR count). The van der Waals surface area contributed by atoms with Crippen LogP contribution >= 0.6 is 15.9 Å². The number of likely N-dealkylation sites (tertiary alicyclic amines) is 1. The van der Waals surface area contributed by atoms with Gasteiger partial charge >= 0.3 is 6.03 Å². The highest BCUT2D eigenvalue weighted by Crippen LogP contribution is 2.31. The normalized spacial score (nSPS) is 18.0. The van der Waals surface area contributed by atoms with Crippen molar-refractivity contribution < 1.29 is 9.59 Å². The van der Waals surface area contributed by atoms with Crippen molar-refractivity contribution in [3.8, 4) is 0 Å². The van der Waals surface area contributed by atoms with Crippen molar-refractivity contribution in [3.63, 3.8) is 0 Å². The van der Waals surface area contributed by atoms with E-state index in [0.717, 1.165) is 49.2 Å². The Balaban J connectivity index is 1.39. The molecule has 34 heavy (non-hydrogen) atoms. The Morgan fingerprint density at radius 1 is 1.06 bits per heavy atom. The summed E-state index contributed by atoms with van der Waals surface area (Å²) in [4.78, 5) is 34.0. The lowest BCUT2D eigenvalue weighted by molar-refractivity contribution is -0.119. The van der Waals surface area contributed by atoms with Gasteiger partial charge in [-0.25, -0.2) is 4.79 Å². The first-order valence-electron chi connectivity index (χ1n) is 12.3. The number of anilines is 2. The van der Waals surface area contributed by atoms with E-state index in [2.05, 4.69) is 50.0 Å². The van der Waals surface area contributed by atoms with Gasteiger partial charge in [0.05, 0.1) is 0 Å². The zero-order valence-corrected chi connectivity index (χ0v) is 21.8. The van der Waals surface area contributed by atoms with E-state index in [1.807, 2.05) is 31.2 Å². The third kappa shape index (κ3) is 5.31. The number of piperidine rings is 1. The molecule has 2 aliphatic rings. The van der Waals surface area contributed by atoms with E-state index in [1.54, 1.807) is 16.8 Å². The molecule has 6 nitrogen and oxygen atoms in total. The number of hydrogen-bond acceptors (Lipinski definition) is 4. The molecule has 0 radical (unpaired) electrons. The third-order valence-electron chi connectivity index (χ3n) is 7.32. The second-order valence-corrected chi connectivity index (χ2v) is 10.3. The highest BCUT2D eigenvalue weighted by Gasteiger charge is 2.42. The molecule has 2 saturated heterocycles. The average molecular weight is 528 g/mol. The molecule has 0 spiro atoms. The van der Waals surface area contributed by atoms with Crippen molar-refractivity contribution in [3.05, 3.63) is 58.6 Å². The van der Waals surface area contributed by atoms with Gasteiger partial charge in [0.25, 0.3) is 0 Å². The van der Waals surface area contributed by atoms with Gasteiger partial charge in [0.2, 0.25) is 0 Å². The van der Waals surface area contributed by atoms with Crippen LogP contribution in [-0.4, -0.2) is 67.4 Å². The number of likely N-dealkylation sites (N-methyl/N-ethyl adjacent to an activating group) is 1. The van der Waals surface area contributed by atoms with Crippen molar-refractivity contribution in [1.82, 2.24) is 9.80 Å². The van der Waals surface area contributed by atoms with E-state index in [1.165, 1.54) is 24.1 Å². The van der Waals surface area contributed by atoms with Gasteiger partial charge in [-0.2, -0.15) is 0 Å². The van der Waals surface area contributed by atoms with E-state index in [0.29, 0.717) is 19.4 Å². The molecule has 2 amide bonds. The van der Waals surface area contributed by atoms with Crippen LogP contribution in [0, 0.1) is 0 Å². The molecule has 0 aromatic heterocycles. The summed E-state index contributed by atoms with van der Waals surface area (Å²) >= 11 is 3.47. The Morgan fingerprint density at radius 3 is 2.32 bits per heavy atom. The highest BCUT2D eigenvalue weighted by molar-refractivity contribution is 9.10. The number of amides is 2. The van der Waals surface area contributed by atoms with Gasteiger partial charge in [0.1, 0.15) is 11.8 Å². The number of benzene rings is 2. The fourth-order valence-corrected chi connectivity index (χ4v) is 5.60. The molecular weight excluding hydrogens is 492 g/mol. The lowest BCUT2D eigenvalue weighted by atomic mass is 9.87. The first-order chi connectivity index (χ1) is 16.5. The Kier molecular flexibility index (Phi) is 7.94. The lowest BCUT2D eigenvalue weighted by Gasteiger charge is -2.46. The maximum absolute atomic E-state index is 13.4. The maximum Gasteiger partial charge on any atom is 0.325 e. The summed E-state index contributed by atoms with van der Waals surface area (Å²) in [6.07, 6.45) is 4.86. The van der Waals surface area contributed by atoms with E-state index >= 15 is 0 Å². The van der Waals surface area contributed by atoms with Crippen molar-refractivity contribution >= 4 is 39.6 Å². The number of hydrogen-bond donors (Lipinski definition) is 0. The van der Waals surface area contributed by atoms with Crippen LogP contribution in [0.15, 0.2) is 53.0 Å². The Hall–Kier alpha value is -2.38. The highest BCUT2D eigenvalue weighted by atomic mass is 79.9. The van der Waals surface area contributed by atoms with E-state index in [4.69, 9.17) is 0 Å². The number of nitrogens with zero attached hydrogens (tertiary/aromatic N) is 4. The summed E-state index contributed by atoms with van der Waals surface area (Å²) in [6, 6.07) is 16.4. The molecule has 2 aromatic carbocycles. The van der Waals surface area contributed by atoms with Crippen LogP contribution in [0.25, 0.3) is 0 Å². The Labute approximate surface area is 211 Å². The molecule has 0 N–H and O–H groups in total. The molecule has 0 unspecified atom stereocenters. The first kappa shape index (κ1) is 24.7. The van der Waals surface area contributed by atoms with Crippen molar-refractivity contribution in [1.29, 1.82) is 0 Å². The number of halogens is 1. The van der Waals surface area contributed by atoms with Crippen molar-refractivity contribution in [2.75, 3.05) is 49.6 Å². The van der Waals surface area contributed by atoms with Gasteiger partial charge in [-0.05, 0) is 68.5 Å². The first-order valence-corrected chi connectivity index (χ1v) is 13.1. The van der Waals surface area contributed by atoms with Gasteiger partial charge in [-0.1, -0.05) is 34.1 Å². The minimum absolute atomic E-state index is 0.140. The maximum atomic E-state index is 13.4. The molecule has 2 heterocycles. The van der Waals surface area contributed by atoms with Crippen molar-refractivity contribution in [2.45, 2.75) is 44.7 Å². The summed E-state index contributed by atoms with van der Waals surface area (Å²) < 4.78 is 0.916. The summed E-state index contributed by atoms with van der Waals surface area (Å²) in [5, 5.41) is 0. The minimum Gasteiger partial charge on any atom is -0.372 e. The predicted octanol–water partition coefficient (Wildman–Crippen LogP) is 5.16. The smallest absolute Gasteiger partial charge is 0.325 e. The summed E-state index contributed by atoms with van der Waals surface area (Å²) in [5.74, 6) is 0. The van der Waals surface area contributed by atoms with Gasteiger partial charge < -0.3 is 14.6 Å². The standard InChI is InChI=1S/C27H35BrN4O2/c1-3-32(26(34)29(2)25-8-6-7-23(28)19-25)27(21-33)13-17-30(18-14-27)20-22-9-11-24(12-10-22)31-15-4-5-16-31/h6-12,19,21H,3-5,13-18,20H2,1-2H3. The number of carbonyl (C=O) groups is 2. The molecule has 0 saturated carbocycles. The number of carbonyl (C=O) groups excluding carboxylic acids is 2. The van der Waals surface area contributed by atoms with Gasteiger partial charge in [0.15, 0.2) is 0 Å². The molecule has 0 aliphatic carbocycles. The quantitative estimate of drug-likeness (QED) is 0.467. The van der Waals surface area contributed by atoms with E-state index in [9.17, 15) is 9.59 Å². The molecule has 0 bridgehead atoms. The SMILES string of the molecule is CCN(C(=O)N(C)c1cccc(Br)c1)C1(C=O)CCN(Cc2ccc(N3CCCC3)cc2)CC1. The molecule has 7 heteroatoms. The summed E-state index contributed by atoms with van der Waals surface area (Å²) in [5.41, 5.74) is 2.64. The second-order valence-electron chi connectivity index (χ2n) is 9.42. The Morgan fingerprint density at radius 2 is 1.74 bits per heavy atom. The summed E-state index contributed by atoms with van der Waals surface area (Å²) in [7, 11) is 1.77. The molecule has 2 aromatic rings. The molecular formula is C27H35BrN4O2. The third-order valence-corrected chi connectivity index (χ3v) is 7.82. The van der Waals surface area contributed by atoms with Crippen LogP contribution in [0.5, 0.6) is 0 Å². The van der Waals surface area contributed by atoms with E-state index < -0.39 is 5.54 Å². The monoisotopic (exact) mass is 526 g/mol. The lowest BCUT2D eigenvalue weighted by Crippen LogP contribution is -2.60. The van der Waals surface area contributed by atoms with Crippen LogP contribution in [0.1, 0.15) is 38.2 Å². The van der Waals surface area contributed by atoms with Gasteiger partial charge in [-0.15, -0.1) is 0 Å². The van der Waals surface area contributed by atoms with E-state index in [-0.39, 0.29) is 6.03 Å². The Bertz CT molecular complexity index is 982. The zero-order valence-electron chi connectivity index (χ0n) is 20.3. The van der Waals surface area contributed by atoms with Crippen LogP contribution in [0.3, 0.4) is 0 Å². The fraction of sp³-hybridized carbons (Fsp3) is 0.481. The molecule has 182 valence electrons. The number of rotatable bonds is 7. The van der Waals surface area contributed by atoms with Crippen LogP contribution in [-0.2, 0) is 11.3 Å². The fourth-order valence-electron chi connectivity index (χ4n) is 5.21. The van der Waals surface area contributed by atoms with Gasteiger partial charge in [-0.3, -0.25) is 9.80 Å². The van der Waals surface area contributed by atoms with Gasteiger partial charge in [0, 0.05) is 62.2 Å². The van der Waals surface area contributed by atoms with Crippen LogP contribution < -0.4 is 9.80 Å². The van der Waals surface area contributed by atoms with Crippen LogP contribution in [0.2, 0.25) is 0 Å². The van der Waals surface area contributed by atoms with Crippen molar-refractivity contribution in [2.24, 2.45) is 0 Å². The topological polar surface area (TPSA) is 47.1 Å².